The van der Waals surface area contributed by atoms with Crippen molar-refractivity contribution in [2.24, 2.45) is 5.92 Å². The minimum Gasteiger partial charge on any atom is -0.387 e. The summed E-state index contributed by atoms with van der Waals surface area (Å²) in [6, 6.07) is 0. The van der Waals surface area contributed by atoms with Crippen LogP contribution in [-0.2, 0) is 4.79 Å². The van der Waals surface area contributed by atoms with Crippen LogP contribution in [0.5, 0.6) is 0 Å². The van der Waals surface area contributed by atoms with Gasteiger partial charge in [0.15, 0.2) is 5.78 Å². The summed E-state index contributed by atoms with van der Waals surface area (Å²) in [7, 11) is 0. The fourth-order valence-corrected chi connectivity index (χ4v) is 0.970. The highest BCUT2D eigenvalue weighted by Gasteiger charge is 2.11. The number of allylic oxidation sites excluding steroid dienone is 2. The summed E-state index contributed by atoms with van der Waals surface area (Å²) < 4.78 is 0. The van der Waals surface area contributed by atoms with Gasteiger partial charge in [0.05, 0.1) is 0 Å². The Morgan fingerprint density at radius 2 is 2.36 bits per heavy atom. The van der Waals surface area contributed by atoms with Crippen molar-refractivity contribution in [3.63, 3.8) is 0 Å². The van der Waals surface area contributed by atoms with Gasteiger partial charge in [-0.1, -0.05) is 19.9 Å². The zero-order valence-electron chi connectivity index (χ0n) is 6.92. The summed E-state index contributed by atoms with van der Waals surface area (Å²) in [4.78, 5) is 11.4. The monoisotopic (exact) mass is 151 g/mol. The van der Waals surface area contributed by atoms with Crippen LogP contribution in [0.15, 0.2) is 23.9 Å². The van der Waals surface area contributed by atoms with Gasteiger partial charge in [-0.2, -0.15) is 0 Å². The summed E-state index contributed by atoms with van der Waals surface area (Å²) in [5.41, 5.74) is 0.832. The Balaban J connectivity index is 2.67. The number of carbonyl (C=O) groups excluding carboxylic acids is 1. The fourth-order valence-electron chi connectivity index (χ4n) is 0.970. The molecule has 0 aromatic carbocycles. The third-order valence-corrected chi connectivity index (χ3v) is 1.63. The average molecular weight is 151 g/mol. The summed E-state index contributed by atoms with van der Waals surface area (Å²) in [6.07, 6.45) is 5.56. The molecule has 1 aliphatic rings. The largest absolute Gasteiger partial charge is 0.387 e. The Morgan fingerprint density at radius 1 is 1.64 bits per heavy atom. The lowest BCUT2D eigenvalue weighted by atomic mass is 10.00. The van der Waals surface area contributed by atoms with Gasteiger partial charge in [-0.25, -0.2) is 0 Å². The molecule has 0 aromatic rings. The molecule has 2 nitrogen and oxygen atoms in total. The maximum atomic E-state index is 11.4. The van der Waals surface area contributed by atoms with E-state index in [2.05, 4.69) is 5.32 Å². The van der Waals surface area contributed by atoms with Crippen molar-refractivity contribution in [1.82, 2.24) is 5.32 Å². The van der Waals surface area contributed by atoms with Crippen LogP contribution in [0.3, 0.4) is 0 Å². The second-order valence-corrected chi connectivity index (χ2v) is 2.92. The Labute approximate surface area is 67.0 Å². The topological polar surface area (TPSA) is 29.1 Å². The van der Waals surface area contributed by atoms with Crippen molar-refractivity contribution < 1.29 is 4.79 Å². The van der Waals surface area contributed by atoms with Gasteiger partial charge < -0.3 is 5.32 Å². The maximum Gasteiger partial charge on any atom is 0.165 e. The molecule has 0 saturated heterocycles. The normalized spacial score (nSPS) is 16.1. The molecule has 1 N–H and O–H groups in total. The van der Waals surface area contributed by atoms with Crippen LogP contribution in [0.25, 0.3) is 0 Å². The van der Waals surface area contributed by atoms with Crippen LogP contribution >= 0.6 is 0 Å². The first-order valence-corrected chi connectivity index (χ1v) is 3.86. The molecule has 2 heteroatoms. The molecule has 60 valence electrons. The number of hydrogen-bond acceptors (Lipinski definition) is 2. The van der Waals surface area contributed by atoms with Crippen LogP contribution in [0.1, 0.15) is 13.8 Å². The van der Waals surface area contributed by atoms with Gasteiger partial charge in [-0.05, 0) is 12.3 Å². The molecule has 11 heavy (non-hydrogen) atoms. The molecular weight excluding hydrogens is 138 g/mol. The number of rotatable bonds is 2. The van der Waals surface area contributed by atoms with Crippen LogP contribution in [0.4, 0.5) is 0 Å². The maximum absolute atomic E-state index is 11.4. The van der Waals surface area contributed by atoms with Gasteiger partial charge in [-0.15, -0.1) is 0 Å². The summed E-state index contributed by atoms with van der Waals surface area (Å²) >= 11 is 0. The van der Waals surface area contributed by atoms with E-state index in [-0.39, 0.29) is 11.7 Å². The second kappa shape index (κ2) is 3.37. The van der Waals surface area contributed by atoms with Gasteiger partial charge in [0.25, 0.3) is 0 Å². The van der Waals surface area contributed by atoms with Crippen LogP contribution in [0, 0.1) is 5.92 Å². The first kappa shape index (κ1) is 8.05. The summed E-state index contributed by atoms with van der Waals surface area (Å²) in [5.74, 6) is 0.326. The highest BCUT2D eigenvalue weighted by molar-refractivity contribution is 5.99. The second-order valence-electron chi connectivity index (χ2n) is 2.92. The lowest BCUT2D eigenvalue weighted by Crippen LogP contribution is -2.16. The van der Waals surface area contributed by atoms with Crippen molar-refractivity contribution in [2.75, 3.05) is 6.54 Å². The van der Waals surface area contributed by atoms with Gasteiger partial charge in [-0.3, -0.25) is 4.79 Å². The number of Topliss-reactive ketones (excluding diaryl/α,β-unsaturated/α-hetero) is 1. The van der Waals surface area contributed by atoms with E-state index < -0.39 is 0 Å². The highest BCUT2D eigenvalue weighted by atomic mass is 16.1. The van der Waals surface area contributed by atoms with Crippen LogP contribution in [-0.4, -0.2) is 12.3 Å². The zero-order valence-corrected chi connectivity index (χ0v) is 6.92. The Kier molecular flexibility index (Phi) is 2.47. The minimum atomic E-state index is 0.101. The molecule has 0 spiro atoms. The highest BCUT2D eigenvalue weighted by Crippen LogP contribution is 2.08. The van der Waals surface area contributed by atoms with E-state index in [0.717, 1.165) is 12.1 Å². The van der Waals surface area contributed by atoms with Crippen molar-refractivity contribution in [3.05, 3.63) is 23.9 Å². The molecule has 1 aliphatic heterocycles. The number of dihydropyridines is 1. The van der Waals surface area contributed by atoms with Gasteiger partial charge in [0.1, 0.15) is 0 Å². The number of carbonyl (C=O) groups is 1. The third-order valence-electron chi connectivity index (χ3n) is 1.63. The SMILES string of the molecule is CC(C)C(=O)C1=CCNC=C1. The van der Waals surface area contributed by atoms with Crippen LogP contribution in [0.2, 0.25) is 0 Å². The smallest absolute Gasteiger partial charge is 0.165 e. The molecule has 0 bridgehead atoms. The van der Waals surface area contributed by atoms with E-state index in [1.807, 2.05) is 32.2 Å². The Morgan fingerprint density at radius 3 is 2.82 bits per heavy atom. The Bertz CT molecular complexity index is 214. The first-order valence-electron chi connectivity index (χ1n) is 3.86. The molecule has 0 atom stereocenters. The standard InChI is InChI=1S/C9H13NO/c1-7(2)9(11)8-3-5-10-6-4-8/h3-5,7,10H,6H2,1-2H3. The number of ketones is 1. The minimum absolute atomic E-state index is 0.101. The number of nitrogens with one attached hydrogen (secondary N) is 1. The van der Waals surface area contributed by atoms with Crippen molar-refractivity contribution in [1.29, 1.82) is 0 Å². The molecular formula is C9H13NO. The fraction of sp³-hybridized carbons (Fsp3) is 0.444. The molecule has 0 fully saturated rings. The molecule has 1 rings (SSSR count). The zero-order chi connectivity index (χ0) is 8.27. The van der Waals surface area contributed by atoms with Crippen LogP contribution < -0.4 is 5.32 Å². The molecule has 0 amide bonds. The number of hydrogen-bond donors (Lipinski definition) is 1. The molecule has 0 radical (unpaired) electrons. The third kappa shape index (κ3) is 1.93. The van der Waals surface area contributed by atoms with Crippen molar-refractivity contribution >= 4 is 5.78 Å². The van der Waals surface area contributed by atoms with E-state index in [4.69, 9.17) is 0 Å². The average Bonchev–Trinajstić information content (AvgIpc) is 2.05. The summed E-state index contributed by atoms with van der Waals surface area (Å²) in [6.45, 7) is 4.60. The van der Waals surface area contributed by atoms with Crippen molar-refractivity contribution in [2.45, 2.75) is 13.8 Å². The molecule has 0 saturated carbocycles. The Hall–Kier alpha value is -1.05. The van der Waals surface area contributed by atoms with E-state index in [1.165, 1.54) is 0 Å². The molecule has 1 heterocycles. The van der Waals surface area contributed by atoms with E-state index >= 15 is 0 Å². The lowest BCUT2D eigenvalue weighted by molar-refractivity contribution is -0.117. The predicted molar refractivity (Wildman–Crippen MR) is 45.1 cm³/mol. The first-order chi connectivity index (χ1) is 5.22. The van der Waals surface area contributed by atoms with Gasteiger partial charge in [0.2, 0.25) is 0 Å². The molecule has 0 aromatic heterocycles. The van der Waals surface area contributed by atoms with Gasteiger partial charge >= 0.3 is 0 Å². The molecule has 0 unspecified atom stereocenters. The predicted octanol–water partition coefficient (Wildman–Crippen LogP) is 1.25. The van der Waals surface area contributed by atoms with E-state index in [0.29, 0.717) is 0 Å². The lowest BCUT2D eigenvalue weighted by Gasteiger charge is -2.08. The van der Waals surface area contributed by atoms with E-state index in [9.17, 15) is 4.79 Å². The van der Waals surface area contributed by atoms with Gasteiger partial charge in [0, 0.05) is 18.0 Å². The van der Waals surface area contributed by atoms with Crippen molar-refractivity contribution in [3.8, 4) is 0 Å². The summed E-state index contributed by atoms with van der Waals surface area (Å²) in [5, 5.41) is 3.00. The van der Waals surface area contributed by atoms with E-state index in [1.54, 1.807) is 0 Å². The molecule has 0 aliphatic carbocycles. The quantitative estimate of drug-likeness (QED) is 0.643.